The summed E-state index contributed by atoms with van der Waals surface area (Å²) in [6.07, 6.45) is 8.46. The number of phenolic OH excluding ortho intramolecular Hbond substituents is 3. The number of phenols is 3. The van der Waals surface area contributed by atoms with E-state index in [4.69, 9.17) is 17.2 Å². The third kappa shape index (κ3) is 17.1. The molecule has 0 bridgehead atoms. The number of rotatable bonds is 20. The van der Waals surface area contributed by atoms with E-state index in [9.17, 15) is 29.7 Å². The number of likely N-dealkylation sites (tertiary alicyclic amines) is 1. The average Bonchev–Trinajstić information content (AvgIpc) is 1.60. The number of hydrogen-bond acceptors (Lipinski definition) is 15. The molecule has 6 aromatic carbocycles. The fourth-order valence-electron chi connectivity index (χ4n) is 13.2. The number of nitrogens with two attached hydrogens (primary N) is 3. The number of anilines is 4. The fourth-order valence-corrected chi connectivity index (χ4v) is 13.2. The Morgan fingerprint density at radius 1 is 0.490 bits per heavy atom. The van der Waals surface area contributed by atoms with Crippen molar-refractivity contribution < 1.29 is 29.7 Å². The first-order chi connectivity index (χ1) is 46.8. The third-order valence-corrected chi connectivity index (χ3v) is 18.9. The SMILES string of the molecule is Cc1cc(CNc2n[nH]c(Cc3ccc(C(C)(C)C)cc3)c2C(N)=O)cc(C)c1O.Cc1cc(CNc2n[nH]c(Cc3ccc(N4CCC(N5CCC(C)CC5)CC4)cc3)c2C(N)=O)cc(C)c1O.Cc1cc(CNc2n[nH]c(Cc3ccc4[nH]ncc4c3)c2C(N)=O)cc(C)c1O. The van der Waals surface area contributed by atoms with Crippen molar-refractivity contribution >= 4 is 51.8 Å². The highest BCUT2D eigenvalue weighted by molar-refractivity contribution is 6.00. The maximum absolute atomic E-state index is 12.4. The van der Waals surface area contributed by atoms with Gasteiger partial charge >= 0.3 is 0 Å². The molecule has 22 nitrogen and oxygen atoms in total. The summed E-state index contributed by atoms with van der Waals surface area (Å²) >= 11 is 0. The molecule has 2 aliphatic rings. The molecule has 98 heavy (non-hydrogen) atoms. The maximum Gasteiger partial charge on any atom is 0.254 e. The summed E-state index contributed by atoms with van der Waals surface area (Å²) < 4.78 is 0. The molecule has 0 aliphatic carbocycles. The van der Waals surface area contributed by atoms with E-state index in [-0.39, 0.29) is 5.41 Å². The fraction of sp³-hybridized carbons (Fsp3) is 0.355. The number of H-pyrrole nitrogens is 4. The second-order valence-corrected chi connectivity index (χ2v) is 27.5. The second-order valence-electron chi connectivity index (χ2n) is 27.5. The summed E-state index contributed by atoms with van der Waals surface area (Å²) in [5.74, 6) is 1.51. The molecule has 0 saturated carbocycles. The highest BCUT2D eigenvalue weighted by Gasteiger charge is 2.28. The molecule has 12 rings (SSSR count). The van der Waals surface area contributed by atoms with Crippen molar-refractivity contribution in [2.45, 2.75) is 145 Å². The van der Waals surface area contributed by atoms with Crippen LogP contribution in [0.1, 0.15) is 174 Å². The van der Waals surface area contributed by atoms with Gasteiger partial charge < -0.3 is 58.3 Å². The van der Waals surface area contributed by atoms with Crippen molar-refractivity contribution in [1.82, 2.24) is 45.7 Å². The van der Waals surface area contributed by atoms with Crippen LogP contribution in [-0.2, 0) is 44.3 Å². The Balaban J connectivity index is 0.000000162. The zero-order chi connectivity index (χ0) is 70.1. The van der Waals surface area contributed by atoms with Gasteiger partial charge in [-0.2, -0.15) is 20.4 Å². The number of nitrogens with zero attached hydrogens (tertiary/aromatic N) is 6. The van der Waals surface area contributed by atoms with E-state index in [0.29, 0.717) is 107 Å². The zero-order valence-corrected chi connectivity index (χ0v) is 57.9. The highest BCUT2D eigenvalue weighted by atomic mass is 16.3. The Morgan fingerprint density at radius 3 is 1.23 bits per heavy atom. The number of carbonyl (C=O) groups is 3. The van der Waals surface area contributed by atoms with Gasteiger partial charge in [-0.1, -0.05) is 107 Å². The summed E-state index contributed by atoms with van der Waals surface area (Å²) in [6.45, 7) is 26.2. The first-order valence-corrected chi connectivity index (χ1v) is 33.6. The molecule has 514 valence electrons. The van der Waals surface area contributed by atoms with Gasteiger partial charge in [0.15, 0.2) is 17.5 Å². The Bertz CT molecular complexity index is 4380. The Kier molecular flexibility index (Phi) is 21.9. The molecule has 0 spiro atoms. The number of aromatic nitrogens is 8. The largest absolute Gasteiger partial charge is 0.507 e. The Labute approximate surface area is 572 Å². The number of piperidine rings is 2. The smallest absolute Gasteiger partial charge is 0.254 e. The average molecular weight is 1330 g/mol. The summed E-state index contributed by atoms with van der Waals surface area (Å²) in [5.41, 5.74) is 34.8. The number of nitrogens with one attached hydrogen (secondary N) is 7. The van der Waals surface area contributed by atoms with Crippen molar-refractivity contribution in [3.05, 3.63) is 215 Å². The van der Waals surface area contributed by atoms with Crippen LogP contribution in [0.2, 0.25) is 0 Å². The number of primary amides is 3. The van der Waals surface area contributed by atoms with Crippen LogP contribution >= 0.6 is 0 Å². The predicted molar refractivity (Wildman–Crippen MR) is 387 cm³/mol. The molecule has 6 heterocycles. The monoisotopic (exact) mass is 1330 g/mol. The minimum atomic E-state index is -0.543. The lowest BCUT2D eigenvalue weighted by Gasteiger charge is -2.42. The number of fused-ring (bicyclic) bond motifs is 1. The van der Waals surface area contributed by atoms with Gasteiger partial charge in [-0.15, -0.1) is 0 Å². The van der Waals surface area contributed by atoms with E-state index >= 15 is 0 Å². The Hall–Kier alpha value is -10.6. The quantitative estimate of drug-likeness (QED) is 0.0337. The van der Waals surface area contributed by atoms with Gasteiger partial charge in [0.05, 0.1) is 28.8 Å². The molecule has 2 fully saturated rings. The van der Waals surface area contributed by atoms with E-state index in [1.807, 2.05) is 96.1 Å². The molecule has 2 aliphatic heterocycles. The van der Waals surface area contributed by atoms with Gasteiger partial charge in [0.25, 0.3) is 17.7 Å². The maximum atomic E-state index is 12.4. The summed E-state index contributed by atoms with van der Waals surface area (Å²) in [7, 11) is 0. The topological polar surface area (TPSA) is 347 Å². The number of benzene rings is 6. The minimum absolute atomic E-state index is 0.0902. The van der Waals surface area contributed by atoms with Gasteiger partial charge in [-0.3, -0.25) is 34.8 Å². The van der Waals surface area contributed by atoms with E-state index in [0.717, 1.165) is 103 Å². The first-order valence-electron chi connectivity index (χ1n) is 33.6. The highest BCUT2D eigenvalue weighted by Crippen LogP contribution is 2.32. The lowest BCUT2D eigenvalue weighted by molar-refractivity contribution is 0.0991. The van der Waals surface area contributed by atoms with Crippen LogP contribution in [0.25, 0.3) is 10.9 Å². The van der Waals surface area contributed by atoms with Crippen LogP contribution in [0, 0.1) is 47.5 Å². The van der Waals surface area contributed by atoms with Crippen molar-refractivity contribution in [3.8, 4) is 17.2 Å². The van der Waals surface area contributed by atoms with Crippen molar-refractivity contribution in [2.75, 3.05) is 47.0 Å². The molecule has 3 amide bonds. The van der Waals surface area contributed by atoms with Gasteiger partial charge in [-0.05, 0) is 188 Å². The van der Waals surface area contributed by atoms with Crippen LogP contribution in [0.15, 0.2) is 109 Å². The van der Waals surface area contributed by atoms with Crippen LogP contribution in [0.3, 0.4) is 0 Å². The van der Waals surface area contributed by atoms with Crippen molar-refractivity contribution in [2.24, 2.45) is 23.1 Å². The molecule has 2 saturated heterocycles. The number of carbonyl (C=O) groups excluding carboxylic acids is 3. The lowest BCUT2D eigenvalue weighted by atomic mass is 9.86. The number of aromatic amines is 4. The summed E-state index contributed by atoms with van der Waals surface area (Å²) in [4.78, 5) is 41.8. The van der Waals surface area contributed by atoms with Crippen LogP contribution in [-0.4, -0.2) is 111 Å². The summed E-state index contributed by atoms with van der Waals surface area (Å²) in [5, 5.41) is 69.3. The third-order valence-electron chi connectivity index (χ3n) is 18.9. The first kappa shape index (κ1) is 70.2. The number of amides is 3. The normalized spacial score (nSPS) is 13.8. The van der Waals surface area contributed by atoms with Crippen LogP contribution in [0.5, 0.6) is 17.2 Å². The van der Waals surface area contributed by atoms with Gasteiger partial charge in [0.2, 0.25) is 0 Å². The van der Waals surface area contributed by atoms with E-state index in [2.05, 4.69) is 143 Å². The van der Waals surface area contributed by atoms with Crippen LogP contribution in [0.4, 0.5) is 23.1 Å². The van der Waals surface area contributed by atoms with E-state index in [1.54, 1.807) is 6.20 Å². The summed E-state index contributed by atoms with van der Waals surface area (Å²) in [6, 6.07) is 35.1. The number of aromatic hydroxyl groups is 3. The molecule has 16 N–H and O–H groups in total. The molecule has 0 radical (unpaired) electrons. The van der Waals surface area contributed by atoms with Crippen LogP contribution < -0.4 is 38.1 Å². The second kappa shape index (κ2) is 30.6. The van der Waals surface area contributed by atoms with Crippen molar-refractivity contribution in [1.29, 1.82) is 0 Å². The molecular formula is C76H94N16O6. The predicted octanol–water partition coefficient (Wildman–Crippen LogP) is 12.0. The Morgan fingerprint density at radius 2 is 0.857 bits per heavy atom. The lowest BCUT2D eigenvalue weighted by Crippen LogP contribution is -2.47. The minimum Gasteiger partial charge on any atom is -0.507 e. The molecule has 4 aromatic heterocycles. The number of aryl methyl sites for hydroxylation is 6. The molecule has 0 atom stereocenters. The standard InChI is InChI=1S/C31H42N6O2.C24H30N4O2.C21H22N6O2/c1-20-8-12-36(13-9-20)26-10-14-37(15-11-26)25-6-4-23(5-7-25)18-27-28(30(32)39)31(35-34-27)33-19-24-16-21(2)29(38)22(3)17-24;1-14-10-17(11-15(2)21(14)29)13-26-23-20(22(25)30)19(27-28-23)12-16-6-8-18(9-7-16)24(3,4)5;1-11-5-14(6-12(2)19(11)28)9-23-21-18(20(22)29)17(26-27-21)8-13-3-4-16-15(7-13)10-24-25-16/h4-7,16-17,20,26,38H,8-15,18-19H2,1-3H3,(H2,32,39)(H2,33,34,35);6-11,29H,12-13H2,1-5H3,(H2,25,30)(H2,26,27,28);3-7,10,28H,8-9H2,1-2H3,(H2,22,29)(H,24,25)(H2,23,26,27). The van der Waals surface area contributed by atoms with Crippen molar-refractivity contribution in [3.63, 3.8) is 0 Å². The van der Waals surface area contributed by atoms with E-state index < -0.39 is 17.7 Å². The van der Waals surface area contributed by atoms with E-state index in [1.165, 1.54) is 50.0 Å². The zero-order valence-electron chi connectivity index (χ0n) is 57.9. The molecule has 22 heteroatoms. The molecule has 10 aromatic rings. The number of hydrogen-bond donors (Lipinski definition) is 13. The van der Waals surface area contributed by atoms with Gasteiger partial charge in [0, 0.05) is 69.1 Å². The van der Waals surface area contributed by atoms with Gasteiger partial charge in [-0.25, -0.2) is 0 Å². The molecular weight excluding hydrogens is 1230 g/mol. The molecule has 0 unspecified atom stereocenters. The van der Waals surface area contributed by atoms with Gasteiger partial charge in [0.1, 0.15) is 33.9 Å².